The fourth-order valence-corrected chi connectivity index (χ4v) is 1.94. The second-order valence-electron chi connectivity index (χ2n) is 4.00. The van der Waals surface area contributed by atoms with E-state index in [-0.39, 0.29) is 0 Å². The van der Waals surface area contributed by atoms with Crippen molar-refractivity contribution >= 4 is 0 Å². The van der Waals surface area contributed by atoms with Gasteiger partial charge in [-0.15, -0.1) is 0 Å². The number of nitrogens with one attached hydrogen (secondary N) is 1. The summed E-state index contributed by atoms with van der Waals surface area (Å²) in [5.41, 5.74) is 0.380. The summed E-state index contributed by atoms with van der Waals surface area (Å²) in [6.07, 6.45) is 4.34. The molecule has 14 heavy (non-hydrogen) atoms. The Morgan fingerprint density at radius 3 is 3.07 bits per heavy atom. The smallest absolute Gasteiger partial charge is 0.0827 e. The Labute approximate surface area is 84.2 Å². The third-order valence-electron chi connectivity index (χ3n) is 2.69. The highest BCUT2D eigenvalue weighted by molar-refractivity contribution is 5.08. The van der Waals surface area contributed by atoms with Crippen LogP contribution >= 0.6 is 0 Å². The zero-order valence-corrected chi connectivity index (χ0v) is 8.24. The van der Waals surface area contributed by atoms with Crippen LogP contribution in [0.4, 0.5) is 0 Å². The maximum atomic E-state index is 10.2. The monoisotopic (exact) mass is 192 g/mol. The molecule has 0 saturated carbocycles. The van der Waals surface area contributed by atoms with E-state index in [2.05, 4.69) is 10.3 Å². The molecular weight excluding hydrogens is 176 g/mol. The number of pyridine rings is 1. The van der Waals surface area contributed by atoms with Crippen LogP contribution in [0.15, 0.2) is 24.4 Å². The van der Waals surface area contributed by atoms with Gasteiger partial charge in [-0.05, 0) is 31.5 Å². The first-order valence-electron chi connectivity index (χ1n) is 5.12. The van der Waals surface area contributed by atoms with E-state index in [9.17, 15) is 5.11 Å². The summed E-state index contributed by atoms with van der Waals surface area (Å²) in [7, 11) is 0. The number of rotatable bonds is 2. The Balaban J connectivity index is 2.02. The van der Waals surface area contributed by atoms with Crippen LogP contribution in [0.5, 0.6) is 0 Å². The van der Waals surface area contributed by atoms with Crippen LogP contribution in [-0.2, 0) is 6.42 Å². The first-order valence-corrected chi connectivity index (χ1v) is 5.12. The molecule has 3 heteroatoms. The Bertz CT molecular complexity index is 281. The van der Waals surface area contributed by atoms with Crippen molar-refractivity contribution in [3.63, 3.8) is 0 Å². The summed E-state index contributed by atoms with van der Waals surface area (Å²) in [4.78, 5) is 4.23. The lowest BCUT2D eigenvalue weighted by atomic mass is 9.89. The van der Waals surface area contributed by atoms with Crippen molar-refractivity contribution in [2.45, 2.75) is 24.9 Å². The maximum Gasteiger partial charge on any atom is 0.0827 e. The van der Waals surface area contributed by atoms with Gasteiger partial charge in [-0.2, -0.15) is 0 Å². The number of nitrogens with zero attached hydrogens (tertiary/aromatic N) is 1. The lowest BCUT2D eigenvalue weighted by Gasteiger charge is -2.32. The molecule has 0 aliphatic carbocycles. The van der Waals surface area contributed by atoms with Gasteiger partial charge < -0.3 is 10.4 Å². The number of piperidine rings is 1. The normalized spacial score (nSPS) is 27.5. The molecule has 0 aromatic carbocycles. The average Bonchev–Trinajstić information content (AvgIpc) is 2.19. The molecule has 2 N–H and O–H groups in total. The molecule has 1 aliphatic rings. The van der Waals surface area contributed by atoms with E-state index in [1.165, 1.54) is 0 Å². The van der Waals surface area contributed by atoms with E-state index in [0.29, 0.717) is 13.0 Å². The first kappa shape index (κ1) is 9.62. The number of aliphatic hydroxyl groups is 1. The van der Waals surface area contributed by atoms with E-state index < -0.39 is 5.60 Å². The molecule has 3 nitrogen and oxygen atoms in total. The highest BCUT2D eigenvalue weighted by Gasteiger charge is 2.29. The quantitative estimate of drug-likeness (QED) is 0.726. The third-order valence-corrected chi connectivity index (χ3v) is 2.69. The minimum absolute atomic E-state index is 0.591. The second-order valence-corrected chi connectivity index (χ2v) is 4.00. The lowest BCUT2D eigenvalue weighted by Crippen LogP contribution is -2.47. The van der Waals surface area contributed by atoms with Gasteiger partial charge in [0.25, 0.3) is 0 Å². The number of β-amino-alcohol motifs (C(OH)–C–C–N with tert-alkyl or cyclic N) is 1. The molecule has 2 rings (SSSR count). The molecule has 1 aliphatic heterocycles. The van der Waals surface area contributed by atoms with Crippen LogP contribution in [0.1, 0.15) is 18.5 Å². The van der Waals surface area contributed by atoms with Gasteiger partial charge in [-0.25, -0.2) is 0 Å². The van der Waals surface area contributed by atoms with Gasteiger partial charge in [0, 0.05) is 24.9 Å². The Hall–Kier alpha value is -0.930. The molecule has 0 amide bonds. The number of hydrogen-bond donors (Lipinski definition) is 2. The van der Waals surface area contributed by atoms with Crippen molar-refractivity contribution in [3.05, 3.63) is 30.1 Å². The van der Waals surface area contributed by atoms with Crippen molar-refractivity contribution in [3.8, 4) is 0 Å². The maximum absolute atomic E-state index is 10.2. The number of aromatic nitrogens is 1. The standard InChI is InChI=1S/C11H16N2O/c14-11(5-3-6-12-9-11)8-10-4-1-2-7-13-10/h1-2,4,7,12,14H,3,5-6,8-9H2. The van der Waals surface area contributed by atoms with E-state index in [1.807, 2.05) is 18.2 Å². The van der Waals surface area contributed by atoms with Crippen LogP contribution < -0.4 is 5.32 Å². The molecule has 1 unspecified atom stereocenters. The Morgan fingerprint density at radius 2 is 2.43 bits per heavy atom. The molecule has 0 spiro atoms. The molecular formula is C11H16N2O. The molecule has 0 radical (unpaired) electrons. The van der Waals surface area contributed by atoms with Gasteiger partial charge in [0.05, 0.1) is 5.60 Å². The molecule has 1 fully saturated rings. The van der Waals surface area contributed by atoms with Crippen molar-refractivity contribution in [2.24, 2.45) is 0 Å². The van der Waals surface area contributed by atoms with Gasteiger partial charge in [0.2, 0.25) is 0 Å². The van der Waals surface area contributed by atoms with Gasteiger partial charge in [0.1, 0.15) is 0 Å². The second kappa shape index (κ2) is 4.07. The lowest BCUT2D eigenvalue weighted by molar-refractivity contribution is 0.0161. The molecule has 76 valence electrons. The predicted octanol–water partition coefficient (Wildman–Crippen LogP) is 0.739. The van der Waals surface area contributed by atoms with E-state index in [1.54, 1.807) is 6.20 Å². The average molecular weight is 192 g/mol. The molecule has 1 atom stereocenters. The molecule has 2 heterocycles. The van der Waals surface area contributed by atoms with Gasteiger partial charge in [-0.3, -0.25) is 4.98 Å². The minimum Gasteiger partial charge on any atom is -0.388 e. The Kier molecular flexibility index (Phi) is 2.79. The van der Waals surface area contributed by atoms with Gasteiger partial charge in [-0.1, -0.05) is 6.07 Å². The summed E-state index contributed by atoms with van der Waals surface area (Å²) in [6, 6.07) is 5.82. The van der Waals surface area contributed by atoms with Crippen LogP contribution in [0.2, 0.25) is 0 Å². The van der Waals surface area contributed by atoms with Crippen molar-refractivity contribution in [2.75, 3.05) is 13.1 Å². The summed E-state index contributed by atoms with van der Waals surface area (Å²) in [5, 5.41) is 13.4. The molecule has 1 saturated heterocycles. The van der Waals surface area contributed by atoms with Crippen molar-refractivity contribution < 1.29 is 5.11 Å². The van der Waals surface area contributed by atoms with Crippen LogP contribution in [0, 0.1) is 0 Å². The van der Waals surface area contributed by atoms with Crippen molar-refractivity contribution in [1.82, 2.24) is 10.3 Å². The zero-order chi connectivity index (χ0) is 9.86. The van der Waals surface area contributed by atoms with Crippen LogP contribution in [0.25, 0.3) is 0 Å². The van der Waals surface area contributed by atoms with Crippen LogP contribution in [-0.4, -0.2) is 28.8 Å². The zero-order valence-electron chi connectivity index (χ0n) is 8.24. The summed E-state index contributed by atoms with van der Waals surface area (Å²) >= 11 is 0. The van der Waals surface area contributed by atoms with E-state index >= 15 is 0 Å². The van der Waals surface area contributed by atoms with Gasteiger partial charge >= 0.3 is 0 Å². The molecule has 0 bridgehead atoms. The predicted molar refractivity (Wildman–Crippen MR) is 55.0 cm³/mol. The summed E-state index contributed by atoms with van der Waals surface area (Å²) < 4.78 is 0. The Morgan fingerprint density at radius 1 is 1.50 bits per heavy atom. The fourth-order valence-electron chi connectivity index (χ4n) is 1.94. The number of hydrogen-bond acceptors (Lipinski definition) is 3. The summed E-state index contributed by atoms with van der Waals surface area (Å²) in [6.45, 7) is 1.70. The highest BCUT2D eigenvalue weighted by atomic mass is 16.3. The summed E-state index contributed by atoms with van der Waals surface area (Å²) in [5.74, 6) is 0. The minimum atomic E-state index is -0.591. The van der Waals surface area contributed by atoms with E-state index in [0.717, 1.165) is 25.1 Å². The molecule has 1 aromatic heterocycles. The fraction of sp³-hybridized carbons (Fsp3) is 0.545. The van der Waals surface area contributed by atoms with Gasteiger partial charge in [0.15, 0.2) is 0 Å². The third kappa shape index (κ3) is 2.30. The molecule has 1 aromatic rings. The largest absolute Gasteiger partial charge is 0.388 e. The SMILES string of the molecule is OC1(Cc2ccccn2)CCCNC1. The van der Waals surface area contributed by atoms with E-state index in [4.69, 9.17) is 0 Å². The van der Waals surface area contributed by atoms with Crippen molar-refractivity contribution in [1.29, 1.82) is 0 Å². The highest BCUT2D eigenvalue weighted by Crippen LogP contribution is 2.19. The van der Waals surface area contributed by atoms with Crippen LogP contribution in [0.3, 0.4) is 0 Å². The topological polar surface area (TPSA) is 45.2 Å². The first-order chi connectivity index (χ1) is 6.79.